The first-order valence-electron chi connectivity index (χ1n) is 4.62. The highest BCUT2D eigenvalue weighted by atomic mass is 35.5. The van der Waals surface area contributed by atoms with Gasteiger partial charge in [0.05, 0.1) is 0 Å². The van der Waals surface area contributed by atoms with Crippen LogP contribution in [0.3, 0.4) is 0 Å². The number of nitrogens with two attached hydrogens (primary N) is 1. The molecule has 4 nitrogen and oxygen atoms in total. The molecule has 1 aromatic carbocycles. The summed E-state index contributed by atoms with van der Waals surface area (Å²) in [4.78, 5) is 7.11. The number of halogens is 2. The highest BCUT2D eigenvalue weighted by molar-refractivity contribution is 6.33. The van der Waals surface area contributed by atoms with E-state index in [1.165, 1.54) is 0 Å². The molecule has 6 heteroatoms. The van der Waals surface area contributed by atoms with E-state index < -0.39 is 0 Å². The molecule has 1 heterocycles. The fourth-order valence-electron chi connectivity index (χ4n) is 1.49. The van der Waals surface area contributed by atoms with Crippen LogP contribution in [0.1, 0.15) is 17.4 Å². The first-order valence-corrected chi connectivity index (χ1v) is 5.38. The van der Waals surface area contributed by atoms with Gasteiger partial charge in [-0.3, -0.25) is 5.84 Å². The topological polar surface area (TPSA) is 66.7 Å². The van der Waals surface area contributed by atoms with Gasteiger partial charge in [-0.1, -0.05) is 23.2 Å². The number of aromatic amines is 1. The summed E-state index contributed by atoms with van der Waals surface area (Å²) in [7, 11) is 0. The number of H-pyrrole nitrogens is 1. The second kappa shape index (κ2) is 4.84. The van der Waals surface area contributed by atoms with Crippen molar-refractivity contribution in [3.63, 3.8) is 0 Å². The molecule has 84 valence electrons. The van der Waals surface area contributed by atoms with Crippen molar-refractivity contribution in [2.45, 2.75) is 6.04 Å². The van der Waals surface area contributed by atoms with Crippen LogP contribution in [-0.4, -0.2) is 9.97 Å². The number of aromatic nitrogens is 2. The van der Waals surface area contributed by atoms with E-state index in [1.807, 2.05) is 0 Å². The van der Waals surface area contributed by atoms with Crippen LogP contribution in [-0.2, 0) is 0 Å². The Morgan fingerprint density at radius 2 is 2.19 bits per heavy atom. The van der Waals surface area contributed by atoms with Gasteiger partial charge in [-0.25, -0.2) is 10.4 Å². The molecule has 0 bridgehead atoms. The minimum Gasteiger partial charge on any atom is -0.347 e. The van der Waals surface area contributed by atoms with Crippen molar-refractivity contribution in [3.05, 3.63) is 52.0 Å². The van der Waals surface area contributed by atoms with E-state index in [-0.39, 0.29) is 6.04 Å². The molecule has 1 aromatic heterocycles. The zero-order valence-electron chi connectivity index (χ0n) is 8.24. The smallest absolute Gasteiger partial charge is 0.129 e. The van der Waals surface area contributed by atoms with Gasteiger partial charge < -0.3 is 4.98 Å². The van der Waals surface area contributed by atoms with Crippen LogP contribution in [0.5, 0.6) is 0 Å². The summed E-state index contributed by atoms with van der Waals surface area (Å²) in [6.45, 7) is 0. The van der Waals surface area contributed by atoms with Gasteiger partial charge in [0, 0.05) is 22.4 Å². The number of imidazole rings is 1. The summed E-state index contributed by atoms with van der Waals surface area (Å²) < 4.78 is 0. The minimum atomic E-state index is -0.304. The Balaban J connectivity index is 2.44. The highest BCUT2D eigenvalue weighted by Gasteiger charge is 2.17. The van der Waals surface area contributed by atoms with Gasteiger partial charge in [0.1, 0.15) is 11.9 Å². The maximum absolute atomic E-state index is 6.09. The Labute approximate surface area is 103 Å². The lowest BCUT2D eigenvalue weighted by Crippen LogP contribution is -2.29. The van der Waals surface area contributed by atoms with Gasteiger partial charge >= 0.3 is 0 Å². The quantitative estimate of drug-likeness (QED) is 0.583. The Hall–Kier alpha value is -1.07. The van der Waals surface area contributed by atoms with Crippen LogP contribution in [0.2, 0.25) is 10.0 Å². The summed E-state index contributed by atoms with van der Waals surface area (Å²) in [6.07, 6.45) is 3.37. The molecule has 0 aliphatic heterocycles. The van der Waals surface area contributed by atoms with Crippen molar-refractivity contribution in [3.8, 4) is 0 Å². The van der Waals surface area contributed by atoms with E-state index in [1.54, 1.807) is 30.6 Å². The molecule has 0 fully saturated rings. The molecule has 2 aromatic rings. The van der Waals surface area contributed by atoms with Gasteiger partial charge in [-0.15, -0.1) is 0 Å². The van der Waals surface area contributed by atoms with Crippen LogP contribution in [0.15, 0.2) is 30.6 Å². The Morgan fingerprint density at radius 1 is 1.38 bits per heavy atom. The van der Waals surface area contributed by atoms with Crippen molar-refractivity contribution in [1.82, 2.24) is 15.4 Å². The highest BCUT2D eigenvalue weighted by Crippen LogP contribution is 2.28. The second-order valence-electron chi connectivity index (χ2n) is 3.24. The molecule has 0 amide bonds. The van der Waals surface area contributed by atoms with E-state index >= 15 is 0 Å². The standard InChI is InChI=1S/C10H10Cl2N4/c11-6-1-2-8(12)7(5-6)9(16-13)10-14-3-4-15-10/h1-5,9,16H,13H2,(H,14,15). The van der Waals surface area contributed by atoms with Crippen LogP contribution in [0, 0.1) is 0 Å². The molecule has 4 N–H and O–H groups in total. The first-order chi connectivity index (χ1) is 7.72. The average Bonchev–Trinajstić information content (AvgIpc) is 2.78. The normalized spacial score (nSPS) is 12.7. The number of nitrogens with one attached hydrogen (secondary N) is 2. The number of hydrogen-bond donors (Lipinski definition) is 3. The fourth-order valence-corrected chi connectivity index (χ4v) is 1.89. The van der Waals surface area contributed by atoms with Crippen molar-refractivity contribution in [1.29, 1.82) is 0 Å². The minimum absolute atomic E-state index is 0.304. The van der Waals surface area contributed by atoms with Gasteiger partial charge in [0.15, 0.2) is 0 Å². The van der Waals surface area contributed by atoms with Crippen LogP contribution in [0.25, 0.3) is 0 Å². The monoisotopic (exact) mass is 256 g/mol. The molecule has 16 heavy (non-hydrogen) atoms. The molecule has 0 aliphatic rings. The lowest BCUT2D eigenvalue weighted by molar-refractivity contribution is 0.608. The summed E-state index contributed by atoms with van der Waals surface area (Å²) >= 11 is 12.0. The third kappa shape index (κ3) is 2.20. The molecule has 0 saturated heterocycles. The number of nitrogens with zero attached hydrogens (tertiary/aromatic N) is 1. The maximum Gasteiger partial charge on any atom is 0.129 e. The Bertz CT molecular complexity index is 470. The first kappa shape index (κ1) is 11.4. The van der Waals surface area contributed by atoms with Gasteiger partial charge in [0.2, 0.25) is 0 Å². The number of rotatable bonds is 3. The lowest BCUT2D eigenvalue weighted by Gasteiger charge is -2.15. The Morgan fingerprint density at radius 3 is 2.81 bits per heavy atom. The van der Waals surface area contributed by atoms with Gasteiger partial charge in [-0.05, 0) is 23.8 Å². The number of hydrazine groups is 1. The average molecular weight is 257 g/mol. The zero-order valence-corrected chi connectivity index (χ0v) is 9.76. The third-order valence-electron chi connectivity index (χ3n) is 2.23. The Kier molecular flexibility index (Phi) is 3.46. The fraction of sp³-hybridized carbons (Fsp3) is 0.100. The van der Waals surface area contributed by atoms with Crippen molar-refractivity contribution >= 4 is 23.2 Å². The van der Waals surface area contributed by atoms with Crippen molar-refractivity contribution in [2.24, 2.45) is 5.84 Å². The molecule has 1 unspecified atom stereocenters. The second-order valence-corrected chi connectivity index (χ2v) is 4.08. The molecule has 0 radical (unpaired) electrons. The SMILES string of the molecule is NNC(c1ncc[nH]1)c1cc(Cl)ccc1Cl. The molecule has 1 atom stereocenters. The predicted molar refractivity (Wildman–Crippen MR) is 64.2 cm³/mol. The summed E-state index contributed by atoms with van der Waals surface area (Å²) in [5.74, 6) is 6.19. The molecule has 0 spiro atoms. The molecular weight excluding hydrogens is 247 g/mol. The van der Waals surface area contributed by atoms with E-state index in [2.05, 4.69) is 15.4 Å². The molecular formula is C10H10Cl2N4. The van der Waals surface area contributed by atoms with Crippen molar-refractivity contribution in [2.75, 3.05) is 0 Å². The lowest BCUT2D eigenvalue weighted by atomic mass is 10.1. The van der Waals surface area contributed by atoms with E-state index in [4.69, 9.17) is 29.0 Å². The largest absolute Gasteiger partial charge is 0.347 e. The van der Waals surface area contributed by atoms with Gasteiger partial charge in [0.25, 0.3) is 0 Å². The maximum atomic E-state index is 6.09. The number of hydrogen-bond acceptors (Lipinski definition) is 3. The van der Waals surface area contributed by atoms with Crippen LogP contribution >= 0.6 is 23.2 Å². The number of benzene rings is 1. The van der Waals surface area contributed by atoms with E-state index in [9.17, 15) is 0 Å². The van der Waals surface area contributed by atoms with Crippen LogP contribution in [0.4, 0.5) is 0 Å². The van der Waals surface area contributed by atoms with Crippen molar-refractivity contribution < 1.29 is 0 Å². The van der Waals surface area contributed by atoms with E-state index in [0.717, 1.165) is 5.56 Å². The molecule has 0 saturated carbocycles. The summed E-state index contributed by atoms with van der Waals surface area (Å²) in [6, 6.07) is 4.91. The molecule has 0 aliphatic carbocycles. The summed E-state index contributed by atoms with van der Waals surface area (Å²) in [5, 5.41) is 1.19. The third-order valence-corrected chi connectivity index (χ3v) is 2.81. The van der Waals surface area contributed by atoms with E-state index in [0.29, 0.717) is 15.9 Å². The predicted octanol–water partition coefficient (Wildman–Crippen LogP) is 2.27. The van der Waals surface area contributed by atoms with Gasteiger partial charge in [-0.2, -0.15) is 0 Å². The summed E-state index contributed by atoms with van der Waals surface area (Å²) in [5.41, 5.74) is 3.44. The molecule has 2 rings (SSSR count). The van der Waals surface area contributed by atoms with Crippen LogP contribution < -0.4 is 11.3 Å². The zero-order chi connectivity index (χ0) is 11.5.